The smallest absolute Gasteiger partial charge is 0.226 e. The first-order valence-corrected chi connectivity index (χ1v) is 10.2. The third-order valence-electron chi connectivity index (χ3n) is 4.60. The number of aliphatic imine (C=N–C) groups is 1. The summed E-state index contributed by atoms with van der Waals surface area (Å²) in [4.78, 5) is 9.18. The number of rotatable bonds is 5. The summed E-state index contributed by atoms with van der Waals surface area (Å²) in [5.74, 6) is 2.77. The van der Waals surface area contributed by atoms with Crippen molar-refractivity contribution in [2.75, 3.05) is 25.1 Å². The summed E-state index contributed by atoms with van der Waals surface area (Å²) >= 11 is 0. The van der Waals surface area contributed by atoms with Gasteiger partial charge in [0.25, 0.3) is 0 Å². The lowest BCUT2D eigenvalue weighted by molar-refractivity contribution is 0.297. The predicted octanol–water partition coefficient (Wildman–Crippen LogP) is 4.39. The molecule has 4 rings (SSSR count). The highest BCUT2D eigenvalue weighted by Gasteiger charge is 2.12. The summed E-state index contributed by atoms with van der Waals surface area (Å²) < 4.78 is 17.1. The second kappa shape index (κ2) is 9.35. The molecule has 1 aliphatic heterocycles. The van der Waals surface area contributed by atoms with Gasteiger partial charge in [-0.05, 0) is 38.1 Å². The van der Waals surface area contributed by atoms with Crippen molar-refractivity contribution in [1.29, 1.82) is 0 Å². The van der Waals surface area contributed by atoms with Gasteiger partial charge in [0.05, 0.1) is 19.8 Å². The Morgan fingerprint density at radius 1 is 1.07 bits per heavy atom. The summed E-state index contributed by atoms with van der Waals surface area (Å²) in [6, 6.07) is 13.9. The maximum atomic E-state index is 5.76. The lowest BCUT2D eigenvalue weighted by atomic mass is 10.1. The molecule has 3 aromatic rings. The number of fused-ring (bicyclic) bond motifs is 1. The number of nitrogens with zero attached hydrogens (tertiary/aromatic N) is 2. The van der Waals surface area contributed by atoms with Crippen LogP contribution in [0.25, 0.3) is 11.5 Å². The zero-order valence-corrected chi connectivity index (χ0v) is 17.3. The van der Waals surface area contributed by atoms with Crippen LogP contribution in [0.2, 0.25) is 0 Å². The normalized spacial score (nSPS) is 13.6. The molecule has 2 aromatic carbocycles. The molecule has 0 fully saturated rings. The van der Waals surface area contributed by atoms with E-state index in [1.807, 2.05) is 49.4 Å². The molecule has 0 atom stereocenters. The monoisotopic (exact) mass is 406 g/mol. The summed E-state index contributed by atoms with van der Waals surface area (Å²) in [7, 11) is 0. The van der Waals surface area contributed by atoms with Crippen molar-refractivity contribution < 1.29 is 13.9 Å². The van der Waals surface area contributed by atoms with Crippen LogP contribution in [0.1, 0.15) is 24.6 Å². The maximum Gasteiger partial charge on any atom is 0.226 e. The third-order valence-corrected chi connectivity index (χ3v) is 4.60. The Bertz CT molecular complexity index is 1010. The van der Waals surface area contributed by atoms with E-state index >= 15 is 0 Å². The molecule has 0 unspecified atom stereocenters. The van der Waals surface area contributed by atoms with Gasteiger partial charge in [-0.3, -0.25) is 0 Å². The molecule has 0 saturated heterocycles. The van der Waals surface area contributed by atoms with E-state index in [-0.39, 0.29) is 0 Å². The largest absolute Gasteiger partial charge is 0.490 e. The average molecular weight is 406 g/mol. The van der Waals surface area contributed by atoms with Crippen LogP contribution in [-0.2, 0) is 6.54 Å². The van der Waals surface area contributed by atoms with Crippen molar-refractivity contribution in [3.8, 4) is 23.0 Å². The van der Waals surface area contributed by atoms with Gasteiger partial charge in [0.15, 0.2) is 17.5 Å². The Kier molecular flexibility index (Phi) is 6.17. The molecule has 0 bridgehead atoms. The first-order chi connectivity index (χ1) is 14.7. The first-order valence-electron chi connectivity index (χ1n) is 10.2. The minimum absolute atomic E-state index is 0.398. The van der Waals surface area contributed by atoms with Gasteiger partial charge in [0.2, 0.25) is 5.89 Å². The Balaban J connectivity index is 1.45. The standard InChI is InChI=1S/C23H26N4O3/c1-3-24-23(27-18-9-10-20-21(13-18)29-12-4-11-28-20)25-14-19-15-30-22(26-19)17-7-5-16(2)6-8-17/h5-10,13,15H,3-4,11-12,14H2,1-2H3,(H2,24,25,27). The predicted molar refractivity (Wildman–Crippen MR) is 117 cm³/mol. The lowest BCUT2D eigenvalue weighted by Gasteiger charge is -2.13. The number of hydrogen-bond acceptors (Lipinski definition) is 5. The number of hydrogen-bond donors (Lipinski definition) is 2. The van der Waals surface area contributed by atoms with Crippen LogP contribution in [0.3, 0.4) is 0 Å². The van der Waals surface area contributed by atoms with Gasteiger partial charge < -0.3 is 24.5 Å². The number of guanidine groups is 1. The van der Waals surface area contributed by atoms with Gasteiger partial charge in [0, 0.05) is 30.3 Å². The van der Waals surface area contributed by atoms with E-state index in [0.29, 0.717) is 31.6 Å². The molecule has 7 heteroatoms. The van der Waals surface area contributed by atoms with E-state index in [0.717, 1.165) is 41.4 Å². The number of nitrogens with one attached hydrogen (secondary N) is 2. The number of ether oxygens (including phenoxy) is 2. The molecule has 1 aromatic heterocycles. The Hall–Kier alpha value is -3.48. The van der Waals surface area contributed by atoms with Crippen LogP contribution in [-0.4, -0.2) is 30.7 Å². The zero-order chi connectivity index (χ0) is 20.8. The van der Waals surface area contributed by atoms with Crippen LogP contribution in [0.4, 0.5) is 5.69 Å². The molecule has 0 radical (unpaired) electrons. The van der Waals surface area contributed by atoms with Crippen molar-refractivity contribution in [3.05, 3.63) is 60.0 Å². The van der Waals surface area contributed by atoms with Gasteiger partial charge in [-0.25, -0.2) is 9.98 Å². The van der Waals surface area contributed by atoms with Crippen molar-refractivity contribution in [3.63, 3.8) is 0 Å². The Morgan fingerprint density at radius 2 is 1.87 bits per heavy atom. The van der Waals surface area contributed by atoms with Crippen LogP contribution in [0, 0.1) is 6.92 Å². The molecule has 0 saturated carbocycles. The highest BCUT2D eigenvalue weighted by molar-refractivity contribution is 5.93. The van der Waals surface area contributed by atoms with Crippen molar-refractivity contribution in [2.45, 2.75) is 26.8 Å². The lowest BCUT2D eigenvalue weighted by Crippen LogP contribution is -2.30. The zero-order valence-electron chi connectivity index (χ0n) is 17.3. The van der Waals surface area contributed by atoms with Gasteiger partial charge in [-0.2, -0.15) is 0 Å². The van der Waals surface area contributed by atoms with Crippen molar-refractivity contribution >= 4 is 11.6 Å². The number of aryl methyl sites for hydroxylation is 1. The van der Waals surface area contributed by atoms with E-state index in [4.69, 9.17) is 13.9 Å². The molecule has 0 aliphatic carbocycles. The molecule has 0 spiro atoms. The second-order valence-corrected chi connectivity index (χ2v) is 7.04. The van der Waals surface area contributed by atoms with E-state index in [1.165, 1.54) is 5.56 Å². The second-order valence-electron chi connectivity index (χ2n) is 7.04. The molecule has 7 nitrogen and oxygen atoms in total. The number of aromatic nitrogens is 1. The summed E-state index contributed by atoms with van der Waals surface area (Å²) in [5, 5.41) is 6.56. The highest BCUT2D eigenvalue weighted by atomic mass is 16.5. The fraction of sp³-hybridized carbons (Fsp3) is 0.304. The summed E-state index contributed by atoms with van der Waals surface area (Å²) in [6.07, 6.45) is 2.53. The Morgan fingerprint density at radius 3 is 2.67 bits per heavy atom. The fourth-order valence-electron chi connectivity index (χ4n) is 3.05. The van der Waals surface area contributed by atoms with E-state index in [1.54, 1.807) is 6.26 Å². The van der Waals surface area contributed by atoms with Gasteiger partial charge in [-0.1, -0.05) is 17.7 Å². The average Bonchev–Trinajstić information content (AvgIpc) is 3.10. The molecule has 1 aliphatic rings. The fourth-order valence-corrected chi connectivity index (χ4v) is 3.05. The molecule has 2 N–H and O–H groups in total. The molecular formula is C23H26N4O3. The Labute approximate surface area is 176 Å². The third kappa shape index (κ3) is 4.92. The van der Waals surface area contributed by atoms with Crippen molar-refractivity contribution in [1.82, 2.24) is 10.3 Å². The quantitative estimate of drug-likeness (QED) is 0.483. The maximum absolute atomic E-state index is 5.76. The molecular weight excluding hydrogens is 380 g/mol. The molecule has 30 heavy (non-hydrogen) atoms. The first kappa shape index (κ1) is 19.8. The molecule has 156 valence electrons. The summed E-state index contributed by atoms with van der Waals surface area (Å²) in [5.41, 5.74) is 3.79. The summed E-state index contributed by atoms with van der Waals surface area (Å²) in [6.45, 7) is 6.54. The van der Waals surface area contributed by atoms with Crippen molar-refractivity contribution in [2.24, 2.45) is 4.99 Å². The minimum atomic E-state index is 0.398. The van der Waals surface area contributed by atoms with Crippen LogP contribution >= 0.6 is 0 Å². The van der Waals surface area contributed by atoms with Gasteiger partial charge in [0.1, 0.15) is 12.0 Å². The highest BCUT2D eigenvalue weighted by Crippen LogP contribution is 2.32. The van der Waals surface area contributed by atoms with E-state index in [9.17, 15) is 0 Å². The molecule has 2 heterocycles. The number of benzene rings is 2. The van der Waals surface area contributed by atoms with Crippen LogP contribution < -0.4 is 20.1 Å². The van der Waals surface area contributed by atoms with Gasteiger partial charge >= 0.3 is 0 Å². The number of anilines is 1. The SMILES string of the molecule is CCNC(=NCc1coc(-c2ccc(C)cc2)n1)Nc1ccc2c(c1)OCCCO2. The van der Waals surface area contributed by atoms with Gasteiger partial charge in [-0.15, -0.1) is 0 Å². The molecule has 0 amide bonds. The minimum Gasteiger partial charge on any atom is -0.490 e. The van der Waals surface area contributed by atoms with E-state index in [2.05, 4.69) is 27.5 Å². The van der Waals surface area contributed by atoms with E-state index < -0.39 is 0 Å². The van der Waals surface area contributed by atoms with Crippen LogP contribution in [0.5, 0.6) is 11.5 Å². The number of oxazole rings is 1. The topological polar surface area (TPSA) is 80.9 Å². The van der Waals surface area contributed by atoms with Crippen LogP contribution in [0.15, 0.2) is 58.1 Å².